The molecule has 1 saturated heterocycles. The molecule has 142 valence electrons. The highest BCUT2D eigenvalue weighted by atomic mass is 16.6. The molecule has 9 heteroatoms. The largest absolute Gasteiger partial charge is 0.494 e. The number of hydrogen-bond acceptors (Lipinski definition) is 8. The summed E-state index contributed by atoms with van der Waals surface area (Å²) < 4.78 is 12.7. The lowest BCUT2D eigenvalue weighted by Gasteiger charge is -2.16. The van der Waals surface area contributed by atoms with Crippen molar-refractivity contribution in [3.05, 3.63) is 36.9 Å². The summed E-state index contributed by atoms with van der Waals surface area (Å²) in [5.74, 6) is 0.727. The van der Waals surface area contributed by atoms with Gasteiger partial charge in [-0.3, -0.25) is 4.57 Å². The van der Waals surface area contributed by atoms with Gasteiger partial charge < -0.3 is 24.8 Å². The number of aromatic nitrogens is 4. The van der Waals surface area contributed by atoms with Crippen LogP contribution in [0.15, 0.2) is 36.9 Å². The molecule has 3 N–H and O–H groups in total. The summed E-state index contributed by atoms with van der Waals surface area (Å²) in [6.45, 7) is 2.08. The van der Waals surface area contributed by atoms with Crippen LogP contribution in [0.1, 0.15) is 13.2 Å². The number of nitrogens with zero attached hydrogens (tertiary/aromatic N) is 4. The molecular weight excluding hydrogens is 352 g/mol. The summed E-state index contributed by atoms with van der Waals surface area (Å²) >= 11 is 0. The van der Waals surface area contributed by atoms with Crippen molar-refractivity contribution in [3.8, 4) is 17.0 Å². The average molecular weight is 372 g/mol. The van der Waals surface area contributed by atoms with Crippen LogP contribution in [0, 0.1) is 0 Å². The first-order valence-corrected chi connectivity index (χ1v) is 8.67. The first kappa shape index (κ1) is 17.8. The lowest BCUT2D eigenvalue weighted by Crippen LogP contribution is -2.33. The zero-order valence-corrected chi connectivity index (χ0v) is 14.6. The van der Waals surface area contributed by atoms with E-state index in [-0.39, 0.29) is 0 Å². The van der Waals surface area contributed by atoms with Crippen molar-refractivity contribution >= 4 is 11.2 Å². The van der Waals surface area contributed by atoms with E-state index in [0.29, 0.717) is 23.5 Å². The molecule has 9 nitrogen and oxygen atoms in total. The second-order valence-corrected chi connectivity index (χ2v) is 6.24. The number of ether oxygens (including phenoxy) is 2. The van der Waals surface area contributed by atoms with Gasteiger partial charge in [-0.25, -0.2) is 15.0 Å². The topological polar surface area (TPSA) is 123 Å². The van der Waals surface area contributed by atoms with Crippen LogP contribution in [0.4, 0.5) is 0 Å². The molecule has 0 radical (unpaired) electrons. The summed E-state index contributed by atoms with van der Waals surface area (Å²) in [4.78, 5) is 13.0. The fourth-order valence-corrected chi connectivity index (χ4v) is 3.26. The van der Waals surface area contributed by atoms with Crippen LogP contribution < -0.4 is 4.74 Å². The molecule has 1 aromatic carbocycles. The maximum absolute atomic E-state index is 10.3. The van der Waals surface area contributed by atoms with Crippen LogP contribution in [0.25, 0.3) is 22.4 Å². The Morgan fingerprint density at radius 1 is 1.19 bits per heavy atom. The van der Waals surface area contributed by atoms with Gasteiger partial charge in [0, 0.05) is 5.56 Å². The van der Waals surface area contributed by atoms with Crippen LogP contribution in [0.3, 0.4) is 0 Å². The zero-order chi connectivity index (χ0) is 19.0. The molecule has 2 aromatic heterocycles. The van der Waals surface area contributed by atoms with Crippen molar-refractivity contribution in [1.82, 2.24) is 19.5 Å². The third-order valence-electron chi connectivity index (χ3n) is 4.57. The van der Waals surface area contributed by atoms with Crippen molar-refractivity contribution in [2.45, 2.75) is 31.5 Å². The van der Waals surface area contributed by atoms with E-state index < -0.39 is 31.1 Å². The Balaban J connectivity index is 1.76. The Bertz CT molecular complexity index is 946. The summed E-state index contributed by atoms with van der Waals surface area (Å²) in [6.07, 6.45) is -1.28. The van der Waals surface area contributed by atoms with Crippen LogP contribution in [-0.4, -0.2) is 66.4 Å². The molecule has 3 heterocycles. The molecule has 0 saturated carbocycles. The molecule has 3 aromatic rings. The van der Waals surface area contributed by atoms with Gasteiger partial charge in [0.25, 0.3) is 0 Å². The van der Waals surface area contributed by atoms with Gasteiger partial charge >= 0.3 is 0 Å². The number of rotatable bonds is 5. The first-order valence-electron chi connectivity index (χ1n) is 8.67. The highest BCUT2D eigenvalue weighted by Gasteiger charge is 2.44. The first-order chi connectivity index (χ1) is 13.1. The summed E-state index contributed by atoms with van der Waals surface area (Å²) in [6, 6.07) is 7.51. The number of imidazole rings is 1. The SMILES string of the molecule is CCOc1cccc(-c2ncnc3c2ncn3C2O[C@H](CO)[C@@H](O)[C@H]2O)c1. The van der Waals surface area contributed by atoms with E-state index in [4.69, 9.17) is 9.47 Å². The maximum atomic E-state index is 10.3. The van der Waals surface area contributed by atoms with Crippen molar-refractivity contribution in [3.63, 3.8) is 0 Å². The lowest BCUT2D eigenvalue weighted by molar-refractivity contribution is -0.0511. The number of fused-ring (bicyclic) bond motifs is 1. The number of aliphatic hydroxyl groups is 3. The van der Waals surface area contributed by atoms with E-state index >= 15 is 0 Å². The molecule has 0 aliphatic carbocycles. The van der Waals surface area contributed by atoms with Gasteiger partial charge in [-0.15, -0.1) is 0 Å². The van der Waals surface area contributed by atoms with Gasteiger partial charge in [0.15, 0.2) is 11.9 Å². The van der Waals surface area contributed by atoms with Gasteiger partial charge in [0.2, 0.25) is 0 Å². The van der Waals surface area contributed by atoms with Crippen LogP contribution in [-0.2, 0) is 4.74 Å². The second kappa shape index (κ2) is 7.20. The Hall–Kier alpha value is -2.59. The van der Waals surface area contributed by atoms with Crippen LogP contribution in [0.2, 0.25) is 0 Å². The van der Waals surface area contributed by atoms with E-state index in [2.05, 4.69) is 15.0 Å². The molecule has 0 spiro atoms. The molecule has 27 heavy (non-hydrogen) atoms. The molecule has 1 fully saturated rings. The minimum atomic E-state index is -1.21. The molecule has 4 rings (SSSR count). The van der Waals surface area contributed by atoms with Gasteiger partial charge in [0.1, 0.15) is 41.6 Å². The van der Waals surface area contributed by atoms with Crippen molar-refractivity contribution in [2.75, 3.05) is 13.2 Å². The summed E-state index contributed by atoms with van der Waals surface area (Å²) in [5.41, 5.74) is 2.42. The molecule has 1 aliphatic rings. The predicted molar refractivity (Wildman–Crippen MR) is 94.9 cm³/mol. The molecule has 1 unspecified atom stereocenters. The number of benzene rings is 1. The normalized spacial score (nSPS) is 25.2. The lowest BCUT2D eigenvalue weighted by atomic mass is 10.1. The van der Waals surface area contributed by atoms with E-state index in [1.54, 1.807) is 0 Å². The standard InChI is InChI=1S/C18H20N4O5/c1-2-26-11-5-3-4-10(6-11)13-14-17(20-8-19-13)22(9-21-14)18-16(25)15(24)12(7-23)27-18/h3-6,8-9,12,15-16,18,23-25H,2,7H2,1H3/t12-,15-,16-,18?/m1/s1. The van der Waals surface area contributed by atoms with E-state index in [9.17, 15) is 15.3 Å². The molecule has 4 atom stereocenters. The van der Waals surface area contributed by atoms with Crippen LogP contribution in [0.5, 0.6) is 5.75 Å². The maximum Gasteiger partial charge on any atom is 0.166 e. The summed E-state index contributed by atoms with van der Waals surface area (Å²) in [7, 11) is 0. The quantitative estimate of drug-likeness (QED) is 0.592. The van der Waals surface area contributed by atoms with E-state index in [1.165, 1.54) is 17.2 Å². The van der Waals surface area contributed by atoms with E-state index in [0.717, 1.165) is 11.3 Å². The zero-order valence-electron chi connectivity index (χ0n) is 14.6. The number of aliphatic hydroxyl groups excluding tert-OH is 3. The molecule has 0 bridgehead atoms. The number of hydrogen-bond donors (Lipinski definition) is 3. The van der Waals surface area contributed by atoms with Crippen LogP contribution >= 0.6 is 0 Å². The molecule has 0 amide bonds. The van der Waals surface area contributed by atoms with Gasteiger partial charge in [-0.1, -0.05) is 12.1 Å². The second-order valence-electron chi connectivity index (χ2n) is 6.24. The molecular formula is C18H20N4O5. The van der Waals surface area contributed by atoms with Crippen molar-refractivity contribution in [2.24, 2.45) is 0 Å². The Morgan fingerprint density at radius 2 is 2.04 bits per heavy atom. The van der Waals surface area contributed by atoms with Crippen molar-refractivity contribution < 1.29 is 24.8 Å². The van der Waals surface area contributed by atoms with Gasteiger partial charge in [0.05, 0.1) is 19.5 Å². The third-order valence-corrected chi connectivity index (χ3v) is 4.57. The highest BCUT2D eigenvalue weighted by molar-refractivity contribution is 5.87. The average Bonchev–Trinajstić information content (AvgIpc) is 3.23. The fraction of sp³-hybridized carbons (Fsp3) is 0.389. The molecule has 1 aliphatic heterocycles. The highest BCUT2D eigenvalue weighted by Crippen LogP contribution is 2.33. The van der Waals surface area contributed by atoms with Crippen molar-refractivity contribution in [1.29, 1.82) is 0 Å². The van der Waals surface area contributed by atoms with Gasteiger partial charge in [-0.2, -0.15) is 0 Å². The van der Waals surface area contributed by atoms with E-state index in [1.807, 2.05) is 31.2 Å². The smallest absolute Gasteiger partial charge is 0.166 e. The minimum Gasteiger partial charge on any atom is -0.494 e. The Kier molecular flexibility index (Phi) is 4.75. The fourth-order valence-electron chi connectivity index (χ4n) is 3.26. The van der Waals surface area contributed by atoms with Gasteiger partial charge in [-0.05, 0) is 19.1 Å². The third kappa shape index (κ3) is 3.04. The minimum absolute atomic E-state index is 0.397. The summed E-state index contributed by atoms with van der Waals surface area (Å²) in [5, 5.41) is 29.6. The predicted octanol–water partition coefficient (Wildman–Crippen LogP) is 0.503. The monoisotopic (exact) mass is 372 g/mol. The Morgan fingerprint density at radius 3 is 2.78 bits per heavy atom. The Labute approximate surface area is 154 Å².